The Labute approximate surface area is 252 Å². The van der Waals surface area contributed by atoms with Gasteiger partial charge >= 0.3 is 6.36 Å². The van der Waals surface area contributed by atoms with Crippen LogP contribution in [0.4, 0.5) is 18.9 Å². The number of halogens is 3. The van der Waals surface area contributed by atoms with Gasteiger partial charge in [-0.1, -0.05) is 68.1 Å². The Morgan fingerprint density at radius 1 is 1.05 bits per heavy atom. The SMILES string of the molecule is CCc1ccccc1N1C(=O)CSC1=NCNC(C)C(C)c1ccc(-c2ncn(-c3ccc(OC(F)(F)F)cc3)n2)cc1. The van der Waals surface area contributed by atoms with E-state index in [-0.39, 0.29) is 23.6 Å². The Morgan fingerprint density at radius 3 is 2.47 bits per heavy atom. The predicted molar refractivity (Wildman–Crippen MR) is 163 cm³/mol. The zero-order valence-corrected chi connectivity index (χ0v) is 24.7. The number of rotatable bonds is 10. The van der Waals surface area contributed by atoms with E-state index in [1.165, 1.54) is 47.0 Å². The number of benzene rings is 3. The van der Waals surface area contributed by atoms with Crippen LogP contribution in [0.5, 0.6) is 5.75 Å². The van der Waals surface area contributed by atoms with Crippen LogP contribution in [0.15, 0.2) is 84.1 Å². The molecular weight excluding hydrogens is 577 g/mol. The molecule has 0 spiro atoms. The van der Waals surface area contributed by atoms with Crippen LogP contribution in [0.25, 0.3) is 17.1 Å². The number of nitrogens with zero attached hydrogens (tertiary/aromatic N) is 5. The molecule has 8 nitrogen and oxygen atoms in total. The highest BCUT2D eigenvalue weighted by molar-refractivity contribution is 8.15. The number of carbonyl (C=O) groups is 1. The molecule has 2 heterocycles. The lowest BCUT2D eigenvalue weighted by Gasteiger charge is -2.22. The molecule has 2 unspecified atom stereocenters. The Kier molecular flexibility index (Phi) is 9.16. The minimum Gasteiger partial charge on any atom is -0.406 e. The van der Waals surface area contributed by atoms with Crippen molar-refractivity contribution < 1.29 is 22.7 Å². The summed E-state index contributed by atoms with van der Waals surface area (Å²) in [5.74, 6) is 0.788. The Hall–Kier alpha value is -4.16. The quantitative estimate of drug-likeness (QED) is 0.219. The van der Waals surface area contributed by atoms with Gasteiger partial charge in [0.05, 0.1) is 23.8 Å². The number of carbonyl (C=O) groups excluding carboxylic acids is 1. The lowest BCUT2D eigenvalue weighted by molar-refractivity contribution is -0.274. The van der Waals surface area contributed by atoms with Crippen molar-refractivity contribution in [3.8, 4) is 22.8 Å². The van der Waals surface area contributed by atoms with E-state index in [9.17, 15) is 18.0 Å². The second-order valence-corrected chi connectivity index (χ2v) is 11.0. The summed E-state index contributed by atoms with van der Waals surface area (Å²) in [6.45, 7) is 6.70. The predicted octanol–water partition coefficient (Wildman–Crippen LogP) is 6.57. The van der Waals surface area contributed by atoms with Crippen LogP contribution < -0.4 is 15.0 Å². The van der Waals surface area contributed by atoms with Crippen molar-refractivity contribution in [1.82, 2.24) is 20.1 Å². The molecular formula is C31H31F3N6O2S. The number of alkyl halides is 3. The first-order valence-electron chi connectivity index (χ1n) is 13.8. The second kappa shape index (κ2) is 13.0. The van der Waals surface area contributed by atoms with E-state index < -0.39 is 6.36 Å². The maximum Gasteiger partial charge on any atom is 0.573 e. The fourth-order valence-corrected chi connectivity index (χ4v) is 5.59. The molecule has 0 radical (unpaired) electrons. The van der Waals surface area contributed by atoms with Crippen LogP contribution in [0, 0.1) is 0 Å². The first kappa shape index (κ1) is 30.3. The fourth-order valence-electron chi connectivity index (χ4n) is 4.72. The average molecular weight is 609 g/mol. The Balaban J connectivity index is 1.19. The number of para-hydroxylation sites is 1. The Bertz CT molecular complexity index is 1590. The summed E-state index contributed by atoms with van der Waals surface area (Å²) in [5, 5.41) is 8.65. The number of amides is 1. The van der Waals surface area contributed by atoms with E-state index in [1.54, 1.807) is 4.90 Å². The number of nitrogens with one attached hydrogen (secondary N) is 1. The molecule has 0 aliphatic carbocycles. The van der Waals surface area contributed by atoms with Gasteiger partial charge in [-0.2, -0.15) is 0 Å². The van der Waals surface area contributed by atoms with E-state index in [4.69, 9.17) is 4.99 Å². The first-order valence-corrected chi connectivity index (χ1v) is 14.8. The van der Waals surface area contributed by atoms with E-state index in [0.29, 0.717) is 29.1 Å². The molecule has 1 N–H and O–H groups in total. The molecule has 1 fully saturated rings. The molecule has 1 aliphatic rings. The zero-order valence-electron chi connectivity index (χ0n) is 23.9. The van der Waals surface area contributed by atoms with Gasteiger partial charge < -0.3 is 4.74 Å². The number of hydrogen-bond acceptors (Lipinski definition) is 7. The molecule has 5 rings (SSSR count). The number of aliphatic imine (C=N–C) groups is 1. The molecule has 1 saturated heterocycles. The largest absolute Gasteiger partial charge is 0.573 e. The van der Waals surface area contributed by atoms with Crippen LogP contribution in [0.2, 0.25) is 0 Å². The average Bonchev–Trinajstić information content (AvgIpc) is 3.63. The highest BCUT2D eigenvalue weighted by Gasteiger charge is 2.31. The van der Waals surface area contributed by atoms with Crippen LogP contribution in [-0.4, -0.2) is 50.7 Å². The molecule has 43 heavy (non-hydrogen) atoms. The van der Waals surface area contributed by atoms with Gasteiger partial charge in [-0.05, 0) is 60.7 Å². The van der Waals surface area contributed by atoms with E-state index in [2.05, 4.69) is 40.9 Å². The minimum atomic E-state index is -4.74. The standard InChI is InChI=1S/C31H31F3N6O2S/c1-4-22-7-5-6-8-27(22)40-28(41)17-43-30(40)36-18-35-21(3)20(2)23-9-11-24(12-10-23)29-37-19-39(38-29)25-13-15-26(16-14-25)42-31(32,33)34/h5-16,19-21,35H,4,17-18H2,1-3H3. The molecule has 0 bridgehead atoms. The van der Waals surface area contributed by atoms with Crippen molar-refractivity contribution >= 4 is 28.5 Å². The summed E-state index contributed by atoms with van der Waals surface area (Å²) in [7, 11) is 0. The van der Waals surface area contributed by atoms with Crippen LogP contribution >= 0.6 is 11.8 Å². The lowest BCUT2D eigenvalue weighted by Crippen LogP contribution is -2.34. The Morgan fingerprint density at radius 2 is 1.77 bits per heavy atom. The summed E-state index contributed by atoms with van der Waals surface area (Å²) in [6, 6.07) is 21.4. The van der Waals surface area contributed by atoms with E-state index in [0.717, 1.165) is 28.8 Å². The van der Waals surface area contributed by atoms with Crippen molar-refractivity contribution in [1.29, 1.82) is 0 Å². The highest BCUT2D eigenvalue weighted by Crippen LogP contribution is 2.30. The minimum absolute atomic E-state index is 0.0407. The summed E-state index contributed by atoms with van der Waals surface area (Å²) in [4.78, 5) is 23.5. The van der Waals surface area contributed by atoms with E-state index in [1.807, 2.05) is 48.5 Å². The van der Waals surface area contributed by atoms with Crippen molar-refractivity contribution in [2.24, 2.45) is 4.99 Å². The molecule has 224 valence electrons. The van der Waals surface area contributed by atoms with Crippen molar-refractivity contribution in [2.45, 2.75) is 45.5 Å². The van der Waals surface area contributed by atoms with Gasteiger partial charge in [0.25, 0.3) is 0 Å². The monoisotopic (exact) mass is 608 g/mol. The molecule has 1 amide bonds. The number of hydrogen-bond donors (Lipinski definition) is 1. The normalized spacial score (nSPS) is 16.1. The topological polar surface area (TPSA) is 84.6 Å². The van der Waals surface area contributed by atoms with Gasteiger partial charge in [-0.3, -0.25) is 15.0 Å². The van der Waals surface area contributed by atoms with Crippen LogP contribution in [-0.2, 0) is 11.2 Å². The number of aromatic nitrogens is 3. The highest BCUT2D eigenvalue weighted by atomic mass is 32.2. The summed E-state index contributed by atoms with van der Waals surface area (Å²) in [5.41, 5.74) is 4.50. The van der Waals surface area contributed by atoms with Gasteiger partial charge in [-0.25, -0.2) is 14.7 Å². The molecule has 1 aromatic heterocycles. The van der Waals surface area contributed by atoms with Gasteiger partial charge in [-0.15, -0.1) is 18.3 Å². The molecule has 12 heteroatoms. The molecule has 2 atom stereocenters. The third-order valence-electron chi connectivity index (χ3n) is 7.28. The van der Waals surface area contributed by atoms with Crippen molar-refractivity contribution in [2.75, 3.05) is 17.3 Å². The summed E-state index contributed by atoms with van der Waals surface area (Å²) in [6.07, 6.45) is -2.40. The van der Waals surface area contributed by atoms with E-state index >= 15 is 0 Å². The number of anilines is 1. The fraction of sp³-hybridized carbons (Fsp3) is 0.290. The zero-order chi connectivity index (χ0) is 30.6. The van der Waals surface area contributed by atoms with Gasteiger partial charge in [0.1, 0.15) is 12.1 Å². The summed E-state index contributed by atoms with van der Waals surface area (Å²) >= 11 is 1.46. The smallest absolute Gasteiger partial charge is 0.406 e. The second-order valence-electron chi connectivity index (χ2n) is 10.1. The third-order valence-corrected chi connectivity index (χ3v) is 8.24. The lowest BCUT2D eigenvalue weighted by atomic mass is 9.93. The molecule has 0 saturated carbocycles. The number of amidine groups is 1. The van der Waals surface area contributed by atoms with Gasteiger partial charge in [0.2, 0.25) is 5.91 Å². The molecule has 1 aliphatic heterocycles. The number of thioether (sulfide) groups is 1. The molecule has 4 aromatic rings. The van der Waals surface area contributed by atoms with Crippen molar-refractivity contribution in [3.63, 3.8) is 0 Å². The van der Waals surface area contributed by atoms with Gasteiger partial charge in [0, 0.05) is 11.6 Å². The molecule has 3 aromatic carbocycles. The third kappa shape index (κ3) is 7.26. The number of ether oxygens (including phenoxy) is 1. The number of aryl methyl sites for hydroxylation is 1. The summed E-state index contributed by atoms with van der Waals surface area (Å²) < 4.78 is 42.7. The van der Waals surface area contributed by atoms with Crippen LogP contribution in [0.3, 0.4) is 0 Å². The van der Waals surface area contributed by atoms with Crippen LogP contribution in [0.1, 0.15) is 37.8 Å². The maximum absolute atomic E-state index is 12.7. The van der Waals surface area contributed by atoms with Gasteiger partial charge in [0.15, 0.2) is 11.0 Å². The first-order chi connectivity index (χ1) is 20.6. The van der Waals surface area contributed by atoms with Crippen molar-refractivity contribution in [3.05, 3.63) is 90.3 Å². The maximum atomic E-state index is 12.7.